The number of thioether (sulfide) groups is 1. The lowest BCUT2D eigenvalue weighted by Gasteiger charge is -2.08. The molecule has 6 heteroatoms. The van der Waals surface area contributed by atoms with Crippen LogP contribution in [0.5, 0.6) is 0 Å². The molecule has 1 saturated heterocycles. The summed E-state index contributed by atoms with van der Waals surface area (Å²) in [6, 6.07) is 4.26. The van der Waals surface area contributed by atoms with Crippen molar-refractivity contribution in [2.24, 2.45) is 0 Å². The molecule has 4 nitrogen and oxygen atoms in total. The van der Waals surface area contributed by atoms with E-state index in [0.29, 0.717) is 18.0 Å². The number of anilines is 1. The summed E-state index contributed by atoms with van der Waals surface area (Å²) >= 11 is 1.45. The molecule has 1 aromatic carbocycles. The second-order valence-corrected chi connectivity index (χ2v) is 4.46. The zero-order valence-electron chi connectivity index (χ0n) is 8.40. The van der Waals surface area contributed by atoms with Gasteiger partial charge in [-0.25, -0.2) is 9.18 Å². The lowest BCUT2D eigenvalue weighted by Crippen LogP contribution is -2.16. The molecule has 0 bridgehead atoms. The van der Waals surface area contributed by atoms with E-state index < -0.39 is 6.09 Å². The van der Waals surface area contributed by atoms with Gasteiger partial charge in [0.2, 0.25) is 0 Å². The minimum absolute atomic E-state index is 0.151. The number of halogens is 1. The monoisotopic (exact) mass is 242 g/mol. The summed E-state index contributed by atoms with van der Waals surface area (Å²) in [5.41, 5.74) is 6.05. The first kappa shape index (κ1) is 11.1. The maximum atomic E-state index is 12.8. The zero-order chi connectivity index (χ0) is 11.5. The molecule has 1 aromatic rings. The Bertz CT molecular complexity index is 414. The van der Waals surface area contributed by atoms with Gasteiger partial charge in [-0.15, -0.1) is 11.8 Å². The molecule has 1 fully saturated rings. The van der Waals surface area contributed by atoms with Crippen LogP contribution in [0.25, 0.3) is 0 Å². The Hall–Kier alpha value is -1.43. The molecule has 16 heavy (non-hydrogen) atoms. The molecule has 0 spiro atoms. The standard InChI is InChI=1S/C10H11FN2O2S/c11-6-1-2-9(8(12)3-6)16-5-7-4-13-10(14)15-7/h1-3,7H,4-5,12H2,(H,13,14). The number of alkyl carbamates (subject to hydrolysis) is 1. The van der Waals surface area contributed by atoms with Gasteiger partial charge in [0.1, 0.15) is 11.9 Å². The highest BCUT2D eigenvalue weighted by atomic mass is 32.2. The summed E-state index contributed by atoms with van der Waals surface area (Å²) in [7, 11) is 0. The highest BCUT2D eigenvalue weighted by Gasteiger charge is 2.22. The summed E-state index contributed by atoms with van der Waals surface area (Å²) in [4.78, 5) is 11.6. The predicted octanol–water partition coefficient (Wildman–Crippen LogP) is 1.61. The Morgan fingerprint density at radius 2 is 2.44 bits per heavy atom. The van der Waals surface area contributed by atoms with Gasteiger partial charge < -0.3 is 15.8 Å². The summed E-state index contributed by atoms with van der Waals surface area (Å²) in [5.74, 6) is 0.255. The number of nitrogens with one attached hydrogen (secondary N) is 1. The van der Waals surface area contributed by atoms with Crippen LogP contribution in [0, 0.1) is 5.82 Å². The van der Waals surface area contributed by atoms with Crippen molar-refractivity contribution < 1.29 is 13.9 Å². The molecule has 1 heterocycles. The van der Waals surface area contributed by atoms with Crippen molar-refractivity contribution >= 4 is 23.5 Å². The van der Waals surface area contributed by atoms with E-state index in [1.54, 1.807) is 6.07 Å². The molecule has 86 valence electrons. The molecule has 1 atom stereocenters. The molecule has 2 rings (SSSR count). The fourth-order valence-electron chi connectivity index (χ4n) is 1.36. The Kier molecular flexibility index (Phi) is 3.19. The minimum Gasteiger partial charge on any atom is -0.443 e. The number of cyclic esters (lactones) is 1. The van der Waals surface area contributed by atoms with E-state index >= 15 is 0 Å². The number of benzene rings is 1. The summed E-state index contributed by atoms with van der Waals surface area (Å²) in [5, 5.41) is 2.56. The van der Waals surface area contributed by atoms with E-state index in [2.05, 4.69) is 5.32 Å². The Morgan fingerprint density at radius 3 is 3.06 bits per heavy atom. The Balaban J connectivity index is 1.92. The average Bonchev–Trinajstić information content (AvgIpc) is 2.63. The number of nitrogen functional groups attached to an aromatic ring is 1. The van der Waals surface area contributed by atoms with Gasteiger partial charge in [0.15, 0.2) is 0 Å². The van der Waals surface area contributed by atoms with Crippen LogP contribution in [0.2, 0.25) is 0 Å². The first-order valence-corrected chi connectivity index (χ1v) is 5.76. The van der Waals surface area contributed by atoms with Crippen molar-refractivity contribution in [1.82, 2.24) is 5.32 Å². The SMILES string of the molecule is Nc1cc(F)ccc1SCC1CNC(=O)O1. The van der Waals surface area contributed by atoms with Crippen LogP contribution >= 0.6 is 11.8 Å². The van der Waals surface area contributed by atoms with Crippen molar-refractivity contribution in [3.63, 3.8) is 0 Å². The van der Waals surface area contributed by atoms with Crippen molar-refractivity contribution in [2.75, 3.05) is 18.0 Å². The smallest absolute Gasteiger partial charge is 0.407 e. The van der Waals surface area contributed by atoms with E-state index in [4.69, 9.17) is 10.5 Å². The van der Waals surface area contributed by atoms with Gasteiger partial charge in [0.25, 0.3) is 0 Å². The first-order valence-electron chi connectivity index (χ1n) is 4.77. The minimum atomic E-state index is -0.391. The molecule has 0 saturated carbocycles. The average molecular weight is 242 g/mol. The zero-order valence-corrected chi connectivity index (χ0v) is 9.22. The Labute approximate surface area is 96.3 Å². The molecule has 3 N–H and O–H groups in total. The molecule has 1 unspecified atom stereocenters. The van der Waals surface area contributed by atoms with E-state index in [9.17, 15) is 9.18 Å². The van der Waals surface area contributed by atoms with Crippen LogP contribution in [-0.2, 0) is 4.74 Å². The van der Waals surface area contributed by atoms with Crippen LogP contribution in [0.4, 0.5) is 14.9 Å². The molecular weight excluding hydrogens is 231 g/mol. The second kappa shape index (κ2) is 4.61. The Morgan fingerprint density at radius 1 is 1.62 bits per heavy atom. The summed E-state index contributed by atoms with van der Waals surface area (Å²) in [6.07, 6.45) is -0.542. The van der Waals surface area contributed by atoms with Crippen molar-refractivity contribution in [1.29, 1.82) is 0 Å². The van der Waals surface area contributed by atoms with Crippen molar-refractivity contribution in [3.8, 4) is 0 Å². The van der Waals surface area contributed by atoms with Gasteiger partial charge in [0, 0.05) is 16.3 Å². The molecule has 1 aliphatic heterocycles. The number of nitrogens with two attached hydrogens (primary N) is 1. The lowest BCUT2D eigenvalue weighted by molar-refractivity contribution is 0.150. The third-order valence-corrected chi connectivity index (χ3v) is 3.37. The molecule has 1 aliphatic rings. The molecule has 0 aliphatic carbocycles. The molecular formula is C10H11FN2O2S. The van der Waals surface area contributed by atoms with E-state index in [1.165, 1.54) is 23.9 Å². The quantitative estimate of drug-likeness (QED) is 0.624. The van der Waals surface area contributed by atoms with Gasteiger partial charge in [-0.1, -0.05) is 0 Å². The van der Waals surface area contributed by atoms with E-state index in [1.807, 2.05) is 0 Å². The van der Waals surface area contributed by atoms with Crippen LogP contribution in [0.1, 0.15) is 0 Å². The number of amides is 1. The largest absolute Gasteiger partial charge is 0.443 e. The molecule has 0 aromatic heterocycles. The van der Waals surface area contributed by atoms with E-state index in [-0.39, 0.29) is 11.9 Å². The van der Waals surface area contributed by atoms with Gasteiger partial charge in [0.05, 0.1) is 6.54 Å². The second-order valence-electron chi connectivity index (χ2n) is 3.40. The maximum absolute atomic E-state index is 12.8. The molecule has 1 amide bonds. The van der Waals surface area contributed by atoms with Crippen molar-refractivity contribution in [3.05, 3.63) is 24.0 Å². The number of hydrogen-bond donors (Lipinski definition) is 2. The number of rotatable bonds is 3. The number of ether oxygens (including phenoxy) is 1. The van der Waals surface area contributed by atoms with E-state index in [0.717, 1.165) is 4.90 Å². The van der Waals surface area contributed by atoms with Crippen LogP contribution in [0.3, 0.4) is 0 Å². The lowest BCUT2D eigenvalue weighted by atomic mass is 10.3. The first-order chi connectivity index (χ1) is 7.65. The fourth-order valence-corrected chi connectivity index (χ4v) is 2.30. The molecule has 0 radical (unpaired) electrons. The van der Waals surface area contributed by atoms with Gasteiger partial charge in [-0.2, -0.15) is 0 Å². The van der Waals surface area contributed by atoms with Gasteiger partial charge >= 0.3 is 6.09 Å². The van der Waals surface area contributed by atoms with Crippen LogP contribution in [-0.4, -0.2) is 24.5 Å². The number of carbonyl (C=O) groups is 1. The topological polar surface area (TPSA) is 64.3 Å². The van der Waals surface area contributed by atoms with Gasteiger partial charge in [-0.05, 0) is 18.2 Å². The van der Waals surface area contributed by atoms with Gasteiger partial charge in [-0.3, -0.25) is 0 Å². The highest BCUT2D eigenvalue weighted by Crippen LogP contribution is 2.26. The third-order valence-electron chi connectivity index (χ3n) is 2.14. The summed E-state index contributed by atoms with van der Waals surface area (Å²) in [6.45, 7) is 0.507. The van der Waals surface area contributed by atoms with Crippen LogP contribution in [0.15, 0.2) is 23.1 Å². The maximum Gasteiger partial charge on any atom is 0.407 e. The normalized spacial score (nSPS) is 19.3. The summed E-state index contributed by atoms with van der Waals surface area (Å²) < 4.78 is 17.7. The van der Waals surface area contributed by atoms with Crippen molar-refractivity contribution in [2.45, 2.75) is 11.0 Å². The fraction of sp³-hybridized carbons (Fsp3) is 0.300. The third kappa shape index (κ3) is 2.57. The van der Waals surface area contributed by atoms with Crippen LogP contribution < -0.4 is 11.1 Å². The predicted molar refractivity (Wildman–Crippen MR) is 59.8 cm³/mol. The number of carbonyl (C=O) groups excluding carboxylic acids is 1. The highest BCUT2D eigenvalue weighted by molar-refractivity contribution is 7.99. The number of hydrogen-bond acceptors (Lipinski definition) is 4.